The van der Waals surface area contributed by atoms with Crippen LogP contribution in [0.5, 0.6) is 0 Å². The van der Waals surface area contributed by atoms with Crippen LogP contribution in [0.4, 0.5) is 0 Å². The van der Waals surface area contributed by atoms with E-state index in [0.29, 0.717) is 13.0 Å². The van der Waals surface area contributed by atoms with Gasteiger partial charge < -0.3 is 5.32 Å². The fourth-order valence-corrected chi connectivity index (χ4v) is 4.11. The summed E-state index contributed by atoms with van der Waals surface area (Å²) in [5.74, 6) is -0.369. The Bertz CT molecular complexity index is 1160. The highest BCUT2D eigenvalue weighted by Crippen LogP contribution is 2.23. The predicted molar refractivity (Wildman–Crippen MR) is 119 cm³/mol. The van der Waals surface area contributed by atoms with Crippen LogP contribution in [0.15, 0.2) is 47.6 Å². The summed E-state index contributed by atoms with van der Waals surface area (Å²) >= 11 is 0. The Balaban J connectivity index is 1.43. The van der Waals surface area contributed by atoms with Gasteiger partial charge in [0, 0.05) is 25.0 Å². The van der Waals surface area contributed by atoms with Crippen LogP contribution in [-0.2, 0) is 26.7 Å². The number of fused-ring (bicyclic) bond motifs is 1. The number of benzene rings is 1. The molecule has 2 N–H and O–H groups in total. The van der Waals surface area contributed by atoms with E-state index in [1.54, 1.807) is 35.0 Å². The molecule has 0 atom stereocenters. The molecule has 1 amide bonds. The van der Waals surface area contributed by atoms with Crippen molar-refractivity contribution in [3.63, 3.8) is 0 Å². The van der Waals surface area contributed by atoms with Crippen molar-refractivity contribution in [3.8, 4) is 0 Å². The molecular weight excluding hydrogens is 414 g/mol. The van der Waals surface area contributed by atoms with E-state index in [0.717, 1.165) is 28.9 Å². The predicted octanol–water partition coefficient (Wildman–Crippen LogP) is 2.36. The third-order valence-corrected chi connectivity index (χ3v) is 6.32. The Morgan fingerprint density at radius 2 is 1.87 bits per heavy atom. The monoisotopic (exact) mass is 443 g/mol. The van der Waals surface area contributed by atoms with Crippen LogP contribution >= 0.6 is 0 Å². The summed E-state index contributed by atoms with van der Waals surface area (Å²) in [4.78, 5) is 16.5. The van der Waals surface area contributed by atoms with Crippen LogP contribution in [-0.4, -0.2) is 42.0 Å². The molecular formula is C22H29N5O3S. The van der Waals surface area contributed by atoms with Gasteiger partial charge in [0.05, 0.1) is 17.1 Å². The van der Waals surface area contributed by atoms with Crippen molar-refractivity contribution in [1.29, 1.82) is 0 Å². The van der Waals surface area contributed by atoms with Crippen LogP contribution in [0, 0.1) is 6.92 Å². The molecule has 0 aliphatic heterocycles. The zero-order valence-electron chi connectivity index (χ0n) is 18.3. The molecule has 3 rings (SSSR count). The zero-order valence-corrected chi connectivity index (χ0v) is 19.2. The lowest BCUT2D eigenvalue weighted by molar-refractivity contribution is -0.119. The zero-order chi connectivity index (χ0) is 22.6. The summed E-state index contributed by atoms with van der Waals surface area (Å²) in [6.45, 7) is 8.24. The highest BCUT2D eigenvalue weighted by atomic mass is 32.2. The quantitative estimate of drug-likeness (QED) is 0.520. The number of hydrogen-bond donors (Lipinski definition) is 2. The van der Waals surface area contributed by atoms with E-state index >= 15 is 0 Å². The van der Waals surface area contributed by atoms with Gasteiger partial charge in [-0.1, -0.05) is 32.9 Å². The first kappa shape index (κ1) is 22.9. The average Bonchev–Trinajstić information content (AvgIpc) is 3.08. The van der Waals surface area contributed by atoms with E-state index in [2.05, 4.69) is 40.9 Å². The molecule has 2 heterocycles. The number of nitrogens with zero attached hydrogens (tertiary/aromatic N) is 3. The minimum absolute atomic E-state index is 0.0608. The van der Waals surface area contributed by atoms with Gasteiger partial charge >= 0.3 is 0 Å². The first-order valence-electron chi connectivity index (χ1n) is 10.2. The summed E-state index contributed by atoms with van der Waals surface area (Å²) in [7, 11) is -3.74. The third-order valence-electron chi connectivity index (χ3n) is 4.91. The Labute approximate surface area is 183 Å². The van der Waals surface area contributed by atoms with E-state index in [9.17, 15) is 13.2 Å². The van der Waals surface area contributed by atoms with Gasteiger partial charge in [-0.15, -0.1) is 0 Å². The fraction of sp³-hybridized carbons (Fsp3) is 0.409. The Morgan fingerprint density at radius 1 is 1.16 bits per heavy atom. The van der Waals surface area contributed by atoms with E-state index in [1.165, 1.54) is 0 Å². The molecule has 0 aliphatic rings. The van der Waals surface area contributed by atoms with E-state index < -0.39 is 10.0 Å². The number of carbonyl (C=O) groups is 1. The second-order valence-corrected chi connectivity index (χ2v) is 10.4. The smallest absolute Gasteiger partial charge is 0.241 e. The molecule has 3 aromatic rings. The number of hydrogen-bond acceptors (Lipinski definition) is 5. The van der Waals surface area contributed by atoms with Gasteiger partial charge in [-0.3, -0.25) is 4.79 Å². The van der Waals surface area contributed by atoms with Crippen molar-refractivity contribution < 1.29 is 13.2 Å². The first-order chi connectivity index (χ1) is 14.5. The molecule has 0 aliphatic carbocycles. The molecule has 0 unspecified atom stereocenters. The minimum atomic E-state index is -3.74. The molecule has 0 bridgehead atoms. The van der Waals surface area contributed by atoms with E-state index in [1.807, 2.05) is 19.2 Å². The van der Waals surface area contributed by atoms with Gasteiger partial charge in [-0.2, -0.15) is 5.10 Å². The lowest BCUT2D eigenvalue weighted by Crippen LogP contribution is -2.37. The molecule has 0 saturated carbocycles. The van der Waals surface area contributed by atoms with Crippen molar-refractivity contribution in [1.82, 2.24) is 24.6 Å². The maximum atomic E-state index is 12.4. The highest BCUT2D eigenvalue weighted by Gasteiger charge is 2.18. The van der Waals surface area contributed by atoms with Gasteiger partial charge in [0.25, 0.3) is 0 Å². The number of aryl methyl sites for hydroxylation is 2. The van der Waals surface area contributed by atoms with Gasteiger partial charge in [0.2, 0.25) is 15.9 Å². The van der Waals surface area contributed by atoms with Crippen molar-refractivity contribution in [2.45, 2.75) is 50.8 Å². The molecule has 31 heavy (non-hydrogen) atoms. The number of nitrogens with one attached hydrogen (secondary N) is 2. The van der Waals surface area contributed by atoms with Crippen LogP contribution in [0.2, 0.25) is 0 Å². The minimum Gasteiger partial charge on any atom is -0.355 e. The molecule has 1 aromatic carbocycles. The van der Waals surface area contributed by atoms with Gasteiger partial charge in [-0.05, 0) is 48.4 Å². The second-order valence-electron chi connectivity index (χ2n) is 8.60. The number of amides is 1. The van der Waals surface area contributed by atoms with Crippen LogP contribution in [0.25, 0.3) is 5.65 Å². The SMILES string of the molecule is Cc1cc2ncc(CCCNC(=O)CNS(=O)(=O)c3ccc(C(C)(C)C)cc3)cn2n1. The fourth-order valence-electron chi connectivity index (χ4n) is 3.12. The summed E-state index contributed by atoms with van der Waals surface area (Å²) in [5, 5.41) is 7.08. The van der Waals surface area contributed by atoms with Crippen molar-refractivity contribution in [2.75, 3.05) is 13.1 Å². The lowest BCUT2D eigenvalue weighted by atomic mass is 9.87. The molecule has 166 valence electrons. The summed E-state index contributed by atoms with van der Waals surface area (Å²) < 4.78 is 28.9. The molecule has 8 nitrogen and oxygen atoms in total. The van der Waals surface area contributed by atoms with Crippen molar-refractivity contribution in [3.05, 3.63) is 59.5 Å². The Hall–Kier alpha value is -2.78. The van der Waals surface area contributed by atoms with Gasteiger partial charge in [0.1, 0.15) is 0 Å². The number of sulfonamides is 1. The molecule has 0 saturated heterocycles. The normalized spacial score (nSPS) is 12.3. The highest BCUT2D eigenvalue weighted by molar-refractivity contribution is 7.89. The molecule has 0 fully saturated rings. The Kier molecular flexibility index (Phi) is 6.76. The number of carbonyl (C=O) groups excluding carboxylic acids is 1. The van der Waals surface area contributed by atoms with Gasteiger partial charge in [0.15, 0.2) is 5.65 Å². The molecule has 0 radical (unpaired) electrons. The van der Waals surface area contributed by atoms with Gasteiger partial charge in [-0.25, -0.2) is 22.6 Å². The summed E-state index contributed by atoms with van der Waals surface area (Å²) in [6.07, 6.45) is 5.17. The summed E-state index contributed by atoms with van der Waals surface area (Å²) in [6, 6.07) is 8.63. The standard InChI is InChI=1S/C22H29N5O3S/c1-16-12-20-24-13-17(15-27(20)26-16)6-5-11-23-21(28)14-25-31(29,30)19-9-7-18(8-10-19)22(2,3)4/h7-10,12-13,15,25H,5-6,11,14H2,1-4H3,(H,23,28). The van der Waals surface area contributed by atoms with Crippen LogP contribution in [0.1, 0.15) is 44.0 Å². The summed E-state index contributed by atoms with van der Waals surface area (Å²) in [5.41, 5.74) is 3.71. The molecule has 0 spiro atoms. The van der Waals surface area contributed by atoms with E-state index in [-0.39, 0.29) is 22.8 Å². The van der Waals surface area contributed by atoms with Crippen LogP contribution in [0.3, 0.4) is 0 Å². The maximum absolute atomic E-state index is 12.4. The van der Waals surface area contributed by atoms with Crippen molar-refractivity contribution in [2.24, 2.45) is 0 Å². The molecule has 2 aromatic heterocycles. The second kappa shape index (κ2) is 9.15. The first-order valence-corrected chi connectivity index (χ1v) is 11.7. The van der Waals surface area contributed by atoms with Crippen LogP contribution < -0.4 is 10.0 Å². The largest absolute Gasteiger partial charge is 0.355 e. The number of aromatic nitrogens is 3. The van der Waals surface area contributed by atoms with Crippen molar-refractivity contribution >= 4 is 21.6 Å². The van der Waals surface area contributed by atoms with E-state index in [4.69, 9.17) is 0 Å². The maximum Gasteiger partial charge on any atom is 0.241 e. The molecule has 9 heteroatoms. The third kappa shape index (κ3) is 6.11. The lowest BCUT2D eigenvalue weighted by Gasteiger charge is -2.19. The Morgan fingerprint density at radius 3 is 2.55 bits per heavy atom. The average molecular weight is 444 g/mol. The number of rotatable bonds is 8. The topological polar surface area (TPSA) is 105 Å².